The summed E-state index contributed by atoms with van der Waals surface area (Å²) in [6.07, 6.45) is -11.5. The van der Waals surface area contributed by atoms with Crippen LogP contribution in [0.4, 0.5) is 0 Å². The molecule has 53 heavy (non-hydrogen) atoms. The van der Waals surface area contributed by atoms with Crippen LogP contribution in [0.5, 0.6) is 0 Å². The van der Waals surface area contributed by atoms with E-state index in [9.17, 15) is 54.3 Å². The fraction of sp³-hybridized carbons (Fsp3) is 0.829. The standard InChI is InChI=1S/C20H24O10.C15H18O8/c1-6-12(23)28-11-9(21)18-8-5-7(16(2,3)4)17(18)10(22)13(24)29-15(17)30-20(18,14(25)27-8)19(6,11)26;1-12(2,3)14(20)4-6-13(5-7(16)21-6)10(19)23-11-15(13,14)8(17)9(18)22-11/h6-11,15,21-22,26H,5H2,1-4H3;6,8,11,17,20H,4-5H2,1-3H3/t;6-,8-,11-,13-,14+,15+/m.0/s1. The van der Waals surface area contributed by atoms with Gasteiger partial charge in [-0.2, -0.15) is 0 Å². The Kier molecular flexibility index (Phi) is 6.21. The van der Waals surface area contributed by atoms with Crippen LogP contribution in [0.3, 0.4) is 0 Å². The van der Waals surface area contributed by atoms with Crippen LogP contribution in [-0.2, 0) is 61.9 Å². The zero-order valence-corrected chi connectivity index (χ0v) is 29.9. The molecule has 10 fully saturated rings. The van der Waals surface area contributed by atoms with Crippen molar-refractivity contribution in [3.05, 3.63) is 0 Å². The fourth-order valence-corrected chi connectivity index (χ4v) is 13.3. The molecule has 0 bridgehead atoms. The highest BCUT2D eigenvalue weighted by Crippen LogP contribution is 2.84. The lowest BCUT2D eigenvalue weighted by Gasteiger charge is -2.49. The Morgan fingerprint density at radius 1 is 0.698 bits per heavy atom. The molecule has 7 aliphatic heterocycles. The van der Waals surface area contributed by atoms with Gasteiger partial charge in [0.15, 0.2) is 23.9 Å². The molecule has 5 N–H and O–H groups in total. The van der Waals surface area contributed by atoms with Crippen LogP contribution in [0.25, 0.3) is 0 Å². The van der Waals surface area contributed by atoms with Gasteiger partial charge in [0, 0.05) is 6.42 Å². The number of aliphatic hydroxyl groups is 5. The third-order valence-corrected chi connectivity index (χ3v) is 15.2. The molecular formula is C35H42O18. The van der Waals surface area contributed by atoms with Crippen LogP contribution < -0.4 is 0 Å². The van der Waals surface area contributed by atoms with Crippen LogP contribution in [0.1, 0.15) is 67.7 Å². The van der Waals surface area contributed by atoms with Gasteiger partial charge < -0.3 is 58.7 Å². The van der Waals surface area contributed by atoms with E-state index in [4.69, 9.17) is 33.2 Å². The normalized spacial score (nSPS) is 56.2. The van der Waals surface area contributed by atoms with Gasteiger partial charge in [0.05, 0.1) is 28.8 Å². The van der Waals surface area contributed by atoms with Crippen molar-refractivity contribution in [3.63, 3.8) is 0 Å². The van der Waals surface area contributed by atoms with Crippen molar-refractivity contribution < 1.29 is 87.5 Å². The molecule has 17 atom stereocenters. The van der Waals surface area contributed by atoms with E-state index in [0.29, 0.717) is 0 Å². The number of esters is 6. The maximum Gasteiger partial charge on any atom is 0.343 e. The Hall–Kier alpha value is -3.42. The van der Waals surface area contributed by atoms with Crippen LogP contribution in [-0.4, -0.2) is 127 Å². The van der Waals surface area contributed by atoms with E-state index in [2.05, 4.69) is 0 Å². The van der Waals surface area contributed by atoms with E-state index < -0.39 is 146 Å². The third-order valence-electron chi connectivity index (χ3n) is 15.2. The van der Waals surface area contributed by atoms with Gasteiger partial charge in [0.2, 0.25) is 11.9 Å². The van der Waals surface area contributed by atoms with Crippen LogP contribution in [0, 0.1) is 44.3 Å². The highest BCUT2D eigenvalue weighted by Gasteiger charge is 3.04. The lowest BCUT2D eigenvalue weighted by Crippen LogP contribution is -2.67. The molecule has 10 aliphatic rings. The minimum atomic E-state index is -2.24. The Labute approximate surface area is 301 Å². The van der Waals surface area contributed by atoms with E-state index >= 15 is 0 Å². The number of carbonyl (C=O) groups excluding carboxylic acids is 6. The molecule has 0 aromatic heterocycles. The Bertz CT molecular complexity index is 1830. The van der Waals surface area contributed by atoms with Gasteiger partial charge in [-0.15, -0.1) is 0 Å². The number of fused-ring (bicyclic) bond motifs is 1. The smallest absolute Gasteiger partial charge is 0.343 e. The number of carbonyl (C=O) groups is 6. The van der Waals surface area contributed by atoms with Crippen molar-refractivity contribution in [2.75, 3.05) is 0 Å². The number of aliphatic hydroxyl groups excluding tert-OH is 3. The predicted molar refractivity (Wildman–Crippen MR) is 162 cm³/mol. The van der Waals surface area contributed by atoms with E-state index in [1.54, 1.807) is 20.8 Å². The number of rotatable bonds is 0. The maximum absolute atomic E-state index is 13.4. The Morgan fingerprint density at radius 3 is 1.94 bits per heavy atom. The topological polar surface area (TPSA) is 268 Å². The van der Waals surface area contributed by atoms with Crippen molar-refractivity contribution in [1.29, 1.82) is 0 Å². The van der Waals surface area contributed by atoms with Gasteiger partial charge in [-0.3, -0.25) is 14.4 Å². The first-order chi connectivity index (χ1) is 24.4. The molecule has 3 saturated carbocycles. The molecule has 4 spiro atoms. The summed E-state index contributed by atoms with van der Waals surface area (Å²) in [7, 11) is 0. The molecule has 0 aromatic rings. The minimum absolute atomic E-state index is 0.0679. The summed E-state index contributed by atoms with van der Waals surface area (Å²) in [5, 5.41) is 56.9. The number of hydrogen-bond acceptors (Lipinski definition) is 18. The van der Waals surface area contributed by atoms with Crippen molar-refractivity contribution in [3.8, 4) is 0 Å². The second kappa shape index (κ2) is 9.33. The van der Waals surface area contributed by atoms with Gasteiger partial charge in [0.1, 0.15) is 29.1 Å². The second-order valence-corrected chi connectivity index (χ2v) is 18.6. The van der Waals surface area contributed by atoms with Crippen molar-refractivity contribution >= 4 is 35.8 Å². The molecule has 7 heterocycles. The average molecular weight is 751 g/mol. The Balaban J connectivity index is 0.000000146. The summed E-state index contributed by atoms with van der Waals surface area (Å²) >= 11 is 0. The molecule has 18 heteroatoms. The van der Waals surface area contributed by atoms with E-state index in [0.717, 1.165) is 0 Å². The molecule has 7 saturated heterocycles. The summed E-state index contributed by atoms with van der Waals surface area (Å²) in [5.74, 6) is -6.67. The minimum Gasteiger partial charge on any atom is -0.461 e. The maximum atomic E-state index is 13.4. The molecule has 18 nitrogen and oxygen atoms in total. The third kappa shape index (κ3) is 3.00. The van der Waals surface area contributed by atoms with Gasteiger partial charge >= 0.3 is 35.8 Å². The molecular weight excluding hydrogens is 708 g/mol. The molecule has 290 valence electrons. The highest BCUT2D eigenvalue weighted by atomic mass is 16.8. The molecule has 10 rings (SSSR count). The molecule has 11 unspecified atom stereocenters. The summed E-state index contributed by atoms with van der Waals surface area (Å²) in [4.78, 5) is 74.7. The zero-order valence-electron chi connectivity index (χ0n) is 29.9. The summed E-state index contributed by atoms with van der Waals surface area (Å²) in [6.45, 7) is 12.3. The number of hydrogen-bond donors (Lipinski definition) is 5. The lowest BCUT2D eigenvalue weighted by molar-refractivity contribution is -0.239. The van der Waals surface area contributed by atoms with Crippen LogP contribution in [0.15, 0.2) is 0 Å². The quantitative estimate of drug-likeness (QED) is 0.131. The molecule has 3 aliphatic carbocycles. The highest BCUT2D eigenvalue weighted by molar-refractivity contribution is 5.95. The van der Waals surface area contributed by atoms with Crippen molar-refractivity contribution in [2.24, 2.45) is 44.3 Å². The lowest BCUT2D eigenvalue weighted by atomic mass is 9.51. The van der Waals surface area contributed by atoms with E-state index in [1.165, 1.54) is 6.92 Å². The van der Waals surface area contributed by atoms with E-state index in [1.807, 2.05) is 20.8 Å². The number of ether oxygens (including phenoxy) is 7. The first-order valence-electron chi connectivity index (χ1n) is 17.8. The first kappa shape index (κ1) is 35.3. The SMILES string of the molecule is CC(C)(C)[C@]1(O)C[C@@H]2OC(=O)C[C@@]23C(=O)O[C@@H]2OC(=O)[C@H](O)[C@]213.CC1C(=O)OC2C(O)C34C5CC(C(C)(C)C)C36C(OC(=O)C6O)OC4(C(=O)O5)C12O. The van der Waals surface area contributed by atoms with Crippen molar-refractivity contribution in [1.82, 2.24) is 0 Å². The predicted octanol–water partition coefficient (Wildman–Crippen LogP) is -2.11. The van der Waals surface area contributed by atoms with Gasteiger partial charge in [0.25, 0.3) is 6.29 Å². The van der Waals surface area contributed by atoms with E-state index in [-0.39, 0.29) is 19.3 Å². The van der Waals surface area contributed by atoms with Gasteiger partial charge in [-0.1, -0.05) is 41.5 Å². The molecule has 0 radical (unpaired) electrons. The second-order valence-electron chi connectivity index (χ2n) is 18.6. The van der Waals surface area contributed by atoms with Crippen LogP contribution in [0.2, 0.25) is 0 Å². The summed E-state index contributed by atoms with van der Waals surface area (Å²) in [6, 6.07) is 0. The largest absolute Gasteiger partial charge is 0.461 e. The molecule has 0 amide bonds. The zero-order chi connectivity index (χ0) is 38.8. The average Bonchev–Trinajstić information content (AvgIpc) is 3.90. The molecule has 0 aromatic carbocycles. The summed E-state index contributed by atoms with van der Waals surface area (Å²) < 4.78 is 38.0. The van der Waals surface area contributed by atoms with Crippen LogP contribution >= 0.6 is 0 Å². The van der Waals surface area contributed by atoms with Crippen molar-refractivity contribution in [2.45, 2.75) is 134 Å². The first-order valence-corrected chi connectivity index (χ1v) is 17.8. The van der Waals surface area contributed by atoms with Gasteiger partial charge in [-0.05, 0) is 30.1 Å². The fourth-order valence-electron chi connectivity index (χ4n) is 13.3. The summed E-state index contributed by atoms with van der Waals surface area (Å²) in [5.41, 5.74) is -14.2. The monoisotopic (exact) mass is 750 g/mol. The van der Waals surface area contributed by atoms with Gasteiger partial charge in [-0.25, -0.2) is 14.4 Å². The Morgan fingerprint density at radius 2 is 1.32 bits per heavy atom.